The summed E-state index contributed by atoms with van der Waals surface area (Å²) in [5.41, 5.74) is 4.53. The van der Waals surface area contributed by atoms with Crippen molar-refractivity contribution >= 4 is 23.1 Å². The fourth-order valence-corrected chi connectivity index (χ4v) is 1.48. The molecule has 0 fully saturated rings. The van der Waals surface area contributed by atoms with E-state index < -0.39 is 29.5 Å². The number of hydrogen-bond acceptors (Lipinski definition) is 4. The second kappa shape index (κ2) is 5.95. The number of nitro benzene ring substituents is 1. The van der Waals surface area contributed by atoms with Crippen LogP contribution < -0.4 is 10.5 Å². The average molecular weight is 312 g/mol. The Morgan fingerprint density at radius 1 is 1.55 bits per heavy atom. The smallest absolute Gasteiger partial charge is 0.401 e. The van der Waals surface area contributed by atoms with Gasteiger partial charge in [0.2, 0.25) is 0 Å². The number of nitrogens with two attached hydrogens (primary N) is 1. The van der Waals surface area contributed by atoms with Crippen LogP contribution in [-0.2, 0) is 0 Å². The predicted octanol–water partition coefficient (Wildman–Crippen LogP) is 2.74. The summed E-state index contributed by atoms with van der Waals surface area (Å²) in [5.74, 6) is -3.52. The van der Waals surface area contributed by atoms with Gasteiger partial charge in [0, 0.05) is 12.1 Å². The molecular weight excluding hydrogens is 303 g/mol. The molecule has 20 heavy (non-hydrogen) atoms. The van der Waals surface area contributed by atoms with Crippen LogP contribution in [0.3, 0.4) is 0 Å². The molecule has 0 heterocycles. The lowest BCUT2D eigenvalue weighted by molar-refractivity contribution is -0.384. The normalized spacial score (nSPS) is 12.8. The Bertz CT molecular complexity index is 536. The van der Waals surface area contributed by atoms with Gasteiger partial charge >= 0.3 is 6.18 Å². The molecule has 110 valence electrons. The third-order valence-electron chi connectivity index (χ3n) is 2.30. The lowest BCUT2D eigenvalue weighted by Crippen LogP contribution is -2.39. The van der Waals surface area contributed by atoms with E-state index in [1.54, 1.807) is 0 Å². The second-order valence-electron chi connectivity index (χ2n) is 3.73. The number of nitrogens with one attached hydrogen (secondary N) is 1. The fraction of sp³-hybridized carbons (Fsp3) is 0.300. The van der Waals surface area contributed by atoms with Gasteiger partial charge in [-0.1, -0.05) is 11.6 Å². The number of ether oxygens (including phenoxy) is 1. The summed E-state index contributed by atoms with van der Waals surface area (Å²) in [6, 6.07) is 3.07. The van der Waals surface area contributed by atoms with E-state index in [0.717, 1.165) is 18.2 Å². The Labute approximate surface area is 115 Å². The Balaban J connectivity index is 2.84. The summed E-state index contributed by atoms with van der Waals surface area (Å²) >= 11 is 5.66. The van der Waals surface area contributed by atoms with E-state index in [4.69, 9.17) is 27.5 Å². The van der Waals surface area contributed by atoms with Gasteiger partial charge in [-0.25, -0.2) is 0 Å². The SMILES string of the molecule is N=C(N)C(COc1ccc([N+](=O)[O-])cc1Cl)C(F)(F)F. The summed E-state index contributed by atoms with van der Waals surface area (Å²) in [4.78, 5) is 9.76. The van der Waals surface area contributed by atoms with E-state index in [1.165, 1.54) is 0 Å². The molecule has 0 aromatic heterocycles. The van der Waals surface area contributed by atoms with E-state index in [2.05, 4.69) is 0 Å². The molecule has 0 aliphatic heterocycles. The summed E-state index contributed by atoms with van der Waals surface area (Å²) in [7, 11) is 0. The zero-order valence-electron chi connectivity index (χ0n) is 9.78. The van der Waals surface area contributed by atoms with Crippen molar-refractivity contribution in [2.24, 2.45) is 11.7 Å². The molecular formula is C10H9ClF3N3O3. The Morgan fingerprint density at radius 2 is 2.15 bits per heavy atom. The fourth-order valence-electron chi connectivity index (χ4n) is 1.25. The van der Waals surface area contributed by atoms with E-state index in [0.29, 0.717) is 0 Å². The van der Waals surface area contributed by atoms with Crippen LogP contribution in [0.2, 0.25) is 5.02 Å². The summed E-state index contributed by atoms with van der Waals surface area (Å²) in [5, 5.41) is 17.1. The van der Waals surface area contributed by atoms with Gasteiger partial charge in [0.1, 0.15) is 24.1 Å². The zero-order valence-corrected chi connectivity index (χ0v) is 10.5. The largest absolute Gasteiger partial charge is 0.491 e. The standard InChI is InChI=1S/C10H9ClF3N3O3/c11-7-3-5(17(18)19)1-2-8(7)20-4-6(9(15)16)10(12,13)14/h1-3,6H,4H2,(H3,15,16). The van der Waals surface area contributed by atoms with Crippen molar-refractivity contribution in [2.45, 2.75) is 6.18 Å². The van der Waals surface area contributed by atoms with Crippen molar-refractivity contribution in [1.29, 1.82) is 5.41 Å². The number of non-ortho nitro benzene ring substituents is 1. The van der Waals surface area contributed by atoms with E-state index >= 15 is 0 Å². The van der Waals surface area contributed by atoms with Crippen molar-refractivity contribution in [2.75, 3.05) is 6.61 Å². The zero-order chi connectivity index (χ0) is 15.5. The minimum Gasteiger partial charge on any atom is -0.491 e. The van der Waals surface area contributed by atoms with Gasteiger partial charge in [-0.15, -0.1) is 0 Å². The van der Waals surface area contributed by atoms with Crippen molar-refractivity contribution in [3.05, 3.63) is 33.3 Å². The van der Waals surface area contributed by atoms with Crippen LogP contribution in [0.1, 0.15) is 0 Å². The van der Waals surface area contributed by atoms with Crippen molar-refractivity contribution in [3.63, 3.8) is 0 Å². The molecule has 1 aromatic rings. The van der Waals surface area contributed by atoms with Crippen molar-refractivity contribution in [1.82, 2.24) is 0 Å². The molecule has 3 N–H and O–H groups in total. The number of amidine groups is 1. The molecule has 0 bridgehead atoms. The summed E-state index contributed by atoms with van der Waals surface area (Å²) < 4.78 is 42.4. The van der Waals surface area contributed by atoms with Crippen molar-refractivity contribution < 1.29 is 22.8 Å². The molecule has 0 amide bonds. The molecule has 1 atom stereocenters. The molecule has 0 radical (unpaired) electrons. The van der Waals surface area contributed by atoms with Gasteiger partial charge < -0.3 is 10.5 Å². The monoisotopic (exact) mass is 311 g/mol. The van der Waals surface area contributed by atoms with E-state index in [1.807, 2.05) is 0 Å². The molecule has 0 spiro atoms. The number of hydrogen-bond donors (Lipinski definition) is 2. The third kappa shape index (κ3) is 3.98. The molecule has 6 nitrogen and oxygen atoms in total. The third-order valence-corrected chi connectivity index (χ3v) is 2.60. The highest BCUT2D eigenvalue weighted by Gasteiger charge is 2.42. The van der Waals surface area contributed by atoms with Crippen LogP contribution in [0.4, 0.5) is 18.9 Å². The van der Waals surface area contributed by atoms with Crippen LogP contribution in [-0.4, -0.2) is 23.5 Å². The highest BCUT2D eigenvalue weighted by molar-refractivity contribution is 6.32. The van der Waals surface area contributed by atoms with Gasteiger partial charge in [0.05, 0.1) is 9.95 Å². The summed E-state index contributed by atoms with van der Waals surface area (Å²) in [6.07, 6.45) is -4.72. The quantitative estimate of drug-likeness (QED) is 0.378. The first-order valence-corrected chi connectivity index (χ1v) is 5.48. The molecule has 0 saturated heterocycles. The highest BCUT2D eigenvalue weighted by atomic mass is 35.5. The first-order chi connectivity index (χ1) is 9.12. The lowest BCUT2D eigenvalue weighted by atomic mass is 10.1. The molecule has 1 rings (SSSR count). The first kappa shape index (κ1) is 16.0. The van der Waals surface area contributed by atoms with Gasteiger partial charge in [0.15, 0.2) is 0 Å². The summed E-state index contributed by atoms with van der Waals surface area (Å²) in [6.45, 7) is -0.934. The van der Waals surface area contributed by atoms with Gasteiger partial charge in [-0.3, -0.25) is 15.5 Å². The number of nitro groups is 1. The molecule has 0 saturated carbocycles. The maximum Gasteiger partial charge on any atom is 0.401 e. The number of nitrogens with zero attached hydrogens (tertiary/aromatic N) is 1. The highest BCUT2D eigenvalue weighted by Crippen LogP contribution is 2.31. The average Bonchev–Trinajstić information content (AvgIpc) is 2.28. The van der Waals surface area contributed by atoms with Crippen LogP contribution >= 0.6 is 11.6 Å². The van der Waals surface area contributed by atoms with Crippen LogP contribution in [0, 0.1) is 21.4 Å². The molecule has 10 heteroatoms. The van der Waals surface area contributed by atoms with Gasteiger partial charge in [-0.05, 0) is 6.07 Å². The Kier molecular flexibility index (Phi) is 4.77. The molecule has 1 unspecified atom stereocenters. The number of benzene rings is 1. The lowest BCUT2D eigenvalue weighted by Gasteiger charge is -2.19. The second-order valence-corrected chi connectivity index (χ2v) is 4.14. The van der Waals surface area contributed by atoms with Crippen LogP contribution in [0.5, 0.6) is 5.75 Å². The molecule has 1 aromatic carbocycles. The maximum atomic E-state index is 12.5. The van der Waals surface area contributed by atoms with Crippen LogP contribution in [0.25, 0.3) is 0 Å². The maximum absolute atomic E-state index is 12.5. The number of rotatable bonds is 5. The minimum atomic E-state index is -4.72. The Morgan fingerprint density at radius 3 is 2.55 bits per heavy atom. The van der Waals surface area contributed by atoms with Gasteiger partial charge in [0.25, 0.3) is 5.69 Å². The van der Waals surface area contributed by atoms with Crippen molar-refractivity contribution in [3.8, 4) is 5.75 Å². The minimum absolute atomic E-state index is 0.159. The predicted molar refractivity (Wildman–Crippen MR) is 65.1 cm³/mol. The van der Waals surface area contributed by atoms with Gasteiger partial charge in [-0.2, -0.15) is 13.2 Å². The van der Waals surface area contributed by atoms with E-state index in [-0.39, 0.29) is 16.5 Å². The molecule has 0 aliphatic carbocycles. The number of halogens is 4. The van der Waals surface area contributed by atoms with Crippen LogP contribution in [0.15, 0.2) is 18.2 Å². The number of alkyl halides is 3. The Hall–Kier alpha value is -2.03. The first-order valence-electron chi connectivity index (χ1n) is 5.10. The topological polar surface area (TPSA) is 102 Å². The molecule has 0 aliphatic rings. The van der Waals surface area contributed by atoms with E-state index in [9.17, 15) is 23.3 Å².